The Labute approximate surface area is 135 Å². The van der Waals surface area contributed by atoms with Gasteiger partial charge in [-0.3, -0.25) is 0 Å². The van der Waals surface area contributed by atoms with Gasteiger partial charge in [-0.2, -0.15) is 0 Å². The molecular formula is C13H10Cl2N4OS. The van der Waals surface area contributed by atoms with Crippen molar-refractivity contribution >= 4 is 50.8 Å². The highest BCUT2D eigenvalue weighted by Gasteiger charge is 2.13. The van der Waals surface area contributed by atoms with Crippen molar-refractivity contribution in [2.75, 3.05) is 5.32 Å². The molecule has 0 aliphatic rings. The van der Waals surface area contributed by atoms with Crippen molar-refractivity contribution in [1.82, 2.24) is 15.0 Å². The fourth-order valence-corrected chi connectivity index (χ4v) is 3.16. The summed E-state index contributed by atoms with van der Waals surface area (Å²) in [6.07, 6.45) is 3.22. The lowest BCUT2D eigenvalue weighted by Gasteiger charge is -2.15. The molecule has 0 bridgehead atoms. The third-order valence-electron chi connectivity index (χ3n) is 3.02. The molecule has 0 spiro atoms. The average molecular weight is 341 g/mol. The zero-order valence-electron chi connectivity index (χ0n) is 10.9. The second kappa shape index (κ2) is 6.01. The van der Waals surface area contributed by atoms with Crippen molar-refractivity contribution in [3.8, 4) is 5.88 Å². The number of anilines is 1. The van der Waals surface area contributed by atoms with Gasteiger partial charge in [0.2, 0.25) is 5.88 Å². The predicted octanol–water partition coefficient (Wildman–Crippen LogP) is 4.45. The minimum atomic E-state index is -0.00376. The molecule has 1 atom stereocenters. The van der Waals surface area contributed by atoms with Crippen molar-refractivity contribution in [1.29, 1.82) is 0 Å². The number of fused-ring (bicyclic) bond motifs is 1. The van der Waals surface area contributed by atoms with Crippen molar-refractivity contribution in [2.45, 2.75) is 13.0 Å². The van der Waals surface area contributed by atoms with Gasteiger partial charge in [-0.25, -0.2) is 15.0 Å². The summed E-state index contributed by atoms with van der Waals surface area (Å²) in [5.41, 5.74) is 0.977. The molecule has 21 heavy (non-hydrogen) atoms. The van der Waals surface area contributed by atoms with Crippen LogP contribution in [0.1, 0.15) is 18.5 Å². The number of nitrogens with zero attached hydrogens (tertiary/aromatic N) is 3. The molecule has 0 aromatic carbocycles. The van der Waals surface area contributed by atoms with Gasteiger partial charge in [-0.05, 0) is 12.5 Å². The topological polar surface area (TPSA) is 59.9 Å². The summed E-state index contributed by atoms with van der Waals surface area (Å²) in [5.74, 6) is 1.06. The van der Waals surface area contributed by atoms with E-state index in [4.69, 9.17) is 23.5 Å². The smallest absolute Gasteiger partial charge is 0.236 e. The maximum Gasteiger partial charge on any atom is 0.236 e. The summed E-state index contributed by atoms with van der Waals surface area (Å²) in [6.45, 7) is 2.01. The first kappa shape index (κ1) is 14.3. The van der Waals surface area contributed by atoms with E-state index in [-0.39, 0.29) is 6.04 Å². The van der Waals surface area contributed by atoms with Gasteiger partial charge in [0, 0.05) is 17.6 Å². The van der Waals surface area contributed by atoms with E-state index in [1.54, 1.807) is 12.3 Å². The van der Waals surface area contributed by atoms with E-state index in [1.807, 2.05) is 18.4 Å². The lowest BCUT2D eigenvalue weighted by Crippen LogP contribution is -2.08. The zero-order chi connectivity index (χ0) is 14.8. The molecule has 8 heteroatoms. The van der Waals surface area contributed by atoms with Gasteiger partial charge in [0.05, 0.1) is 16.5 Å². The van der Waals surface area contributed by atoms with Crippen LogP contribution in [0.3, 0.4) is 0 Å². The Balaban J connectivity index is 1.88. The van der Waals surface area contributed by atoms with Crippen LogP contribution in [0, 0.1) is 0 Å². The number of halogens is 2. The zero-order valence-corrected chi connectivity index (χ0v) is 13.2. The van der Waals surface area contributed by atoms with Gasteiger partial charge in [-0.1, -0.05) is 17.7 Å². The number of hydrogen-bond acceptors (Lipinski definition) is 6. The third-order valence-corrected chi connectivity index (χ3v) is 4.49. The monoisotopic (exact) mass is 340 g/mol. The van der Waals surface area contributed by atoms with Crippen LogP contribution in [0.15, 0.2) is 30.0 Å². The molecule has 0 saturated heterocycles. The molecule has 3 aromatic heterocycles. The Morgan fingerprint density at radius 3 is 2.86 bits per heavy atom. The van der Waals surface area contributed by atoms with Crippen molar-refractivity contribution in [3.05, 3.63) is 40.6 Å². The molecule has 5 nitrogen and oxygen atoms in total. The van der Waals surface area contributed by atoms with Crippen LogP contribution < -0.4 is 9.61 Å². The maximum absolute atomic E-state index is 6.19. The van der Waals surface area contributed by atoms with Crippen LogP contribution in [-0.2, 0) is 0 Å². The van der Waals surface area contributed by atoms with E-state index < -0.39 is 0 Å². The van der Waals surface area contributed by atoms with E-state index >= 15 is 0 Å². The lowest BCUT2D eigenvalue weighted by molar-refractivity contribution is 0.589. The largest absolute Gasteiger partial charge is 0.365 e. The van der Waals surface area contributed by atoms with Gasteiger partial charge in [-0.15, -0.1) is 11.3 Å². The predicted molar refractivity (Wildman–Crippen MR) is 85.2 cm³/mol. The van der Waals surface area contributed by atoms with Crippen LogP contribution in [0.25, 0.3) is 10.2 Å². The van der Waals surface area contributed by atoms with Gasteiger partial charge >= 0.3 is 0 Å². The molecule has 3 heterocycles. The Morgan fingerprint density at radius 1 is 1.29 bits per heavy atom. The number of aromatic nitrogens is 3. The molecule has 0 amide bonds. The van der Waals surface area contributed by atoms with Gasteiger partial charge in [0.15, 0.2) is 0 Å². The molecule has 1 unspecified atom stereocenters. The van der Waals surface area contributed by atoms with Gasteiger partial charge in [0.25, 0.3) is 0 Å². The standard InChI is InChI=1S/C13H10Cl2N4OS/c1-7(8-2-3-10(20-15)16-4-8)19-12-11-9(14)5-21-13(11)18-6-17-12/h2-7H,1H3,(H,17,18,19). The third kappa shape index (κ3) is 2.88. The SMILES string of the molecule is CC(Nc1ncnc2scc(Cl)c12)c1ccc(OCl)nc1. The molecule has 0 radical (unpaired) electrons. The van der Waals surface area contributed by atoms with Crippen LogP contribution in [-0.4, -0.2) is 15.0 Å². The quantitative estimate of drug-likeness (QED) is 0.760. The summed E-state index contributed by atoms with van der Waals surface area (Å²) in [6, 6.07) is 3.58. The first-order valence-electron chi connectivity index (χ1n) is 6.08. The molecule has 0 aliphatic heterocycles. The molecule has 0 aliphatic carbocycles. The fourth-order valence-electron chi connectivity index (χ4n) is 1.93. The average Bonchev–Trinajstić information content (AvgIpc) is 2.90. The highest BCUT2D eigenvalue weighted by atomic mass is 35.5. The van der Waals surface area contributed by atoms with Crippen molar-refractivity contribution in [3.63, 3.8) is 0 Å². The molecule has 3 rings (SSSR count). The Bertz CT molecular complexity index is 762. The van der Waals surface area contributed by atoms with E-state index in [0.29, 0.717) is 16.7 Å². The minimum absolute atomic E-state index is 0.00376. The van der Waals surface area contributed by atoms with Crippen molar-refractivity contribution < 1.29 is 4.29 Å². The second-order valence-electron chi connectivity index (χ2n) is 4.36. The van der Waals surface area contributed by atoms with E-state index in [9.17, 15) is 0 Å². The van der Waals surface area contributed by atoms with E-state index in [2.05, 4.69) is 24.6 Å². The lowest BCUT2D eigenvalue weighted by atomic mass is 10.1. The molecular weight excluding hydrogens is 331 g/mol. The van der Waals surface area contributed by atoms with E-state index in [0.717, 1.165) is 15.8 Å². The number of rotatable bonds is 4. The molecule has 0 saturated carbocycles. The molecule has 3 aromatic rings. The van der Waals surface area contributed by atoms with Crippen LogP contribution in [0.4, 0.5) is 5.82 Å². The minimum Gasteiger partial charge on any atom is -0.365 e. The molecule has 0 fully saturated rings. The first-order chi connectivity index (χ1) is 10.2. The van der Waals surface area contributed by atoms with Gasteiger partial charge in [0.1, 0.15) is 28.8 Å². The number of thiophene rings is 1. The highest BCUT2D eigenvalue weighted by Crippen LogP contribution is 2.34. The van der Waals surface area contributed by atoms with Gasteiger partial charge < -0.3 is 9.61 Å². The first-order valence-corrected chi connectivity index (χ1v) is 7.64. The Morgan fingerprint density at radius 2 is 2.14 bits per heavy atom. The summed E-state index contributed by atoms with van der Waals surface area (Å²) in [5, 5.41) is 6.66. The van der Waals surface area contributed by atoms with Crippen molar-refractivity contribution in [2.24, 2.45) is 0 Å². The summed E-state index contributed by atoms with van der Waals surface area (Å²) < 4.78 is 4.53. The normalized spacial score (nSPS) is 12.3. The summed E-state index contributed by atoms with van der Waals surface area (Å²) >= 11 is 12.9. The van der Waals surface area contributed by atoms with E-state index in [1.165, 1.54) is 17.7 Å². The molecule has 1 N–H and O–H groups in total. The Hall–Kier alpha value is -1.63. The second-order valence-corrected chi connectivity index (χ2v) is 5.78. The van der Waals surface area contributed by atoms with Crippen LogP contribution >= 0.6 is 34.8 Å². The number of nitrogens with one attached hydrogen (secondary N) is 1. The molecule has 108 valence electrons. The number of hydrogen-bond donors (Lipinski definition) is 1. The fraction of sp³-hybridized carbons (Fsp3) is 0.154. The van der Waals surface area contributed by atoms with Crippen LogP contribution in [0.5, 0.6) is 5.88 Å². The Kier molecular flexibility index (Phi) is 4.10. The summed E-state index contributed by atoms with van der Waals surface area (Å²) in [4.78, 5) is 13.4. The number of pyridine rings is 1. The van der Waals surface area contributed by atoms with Crippen LogP contribution in [0.2, 0.25) is 5.02 Å². The maximum atomic E-state index is 6.19. The summed E-state index contributed by atoms with van der Waals surface area (Å²) in [7, 11) is 0. The highest BCUT2D eigenvalue weighted by molar-refractivity contribution is 7.17.